The second-order valence-electron chi connectivity index (χ2n) is 1.76. The SMILES string of the molecule is [2H]c1nc(Cl)nc(C2([2H])C([2H])([2H])OC2([2H])[2H])c1[2H]. The van der Waals surface area contributed by atoms with E-state index in [2.05, 4.69) is 14.7 Å². The molecule has 0 spiro atoms. The molecule has 0 bridgehead atoms. The highest BCUT2D eigenvalue weighted by Crippen LogP contribution is 2.21. The molecule has 0 N–H and O–H groups in total. The Morgan fingerprint density at radius 3 is 3.45 bits per heavy atom. The van der Waals surface area contributed by atoms with Gasteiger partial charge in [0.2, 0.25) is 5.28 Å². The Balaban J connectivity index is 2.68. The van der Waals surface area contributed by atoms with Crippen LogP contribution in [-0.4, -0.2) is 23.1 Å². The molecule has 0 atom stereocenters. The lowest BCUT2D eigenvalue weighted by Crippen LogP contribution is -2.25. The van der Waals surface area contributed by atoms with E-state index < -0.39 is 42.2 Å². The standard InChI is InChI=1S/C7H7ClN2O/c8-7-9-2-1-6(10-7)5-3-11-4-5/h1-2,5H,3-4H2/i1D,2D,3D2,4D2,5D. The first-order chi connectivity index (χ1) is 8.03. The lowest BCUT2D eigenvalue weighted by molar-refractivity contribution is 0.00667. The van der Waals surface area contributed by atoms with Gasteiger partial charge in [-0.25, -0.2) is 9.97 Å². The van der Waals surface area contributed by atoms with Gasteiger partial charge in [-0.05, 0) is 17.6 Å². The van der Waals surface area contributed by atoms with E-state index in [1.165, 1.54) is 0 Å². The first-order valence-corrected chi connectivity index (χ1v) is 3.12. The molecule has 1 aliphatic rings. The summed E-state index contributed by atoms with van der Waals surface area (Å²) in [4.78, 5) is 6.88. The number of aromatic nitrogens is 2. The van der Waals surface area contributed by atoms with Crippen LogP contribution in [0.1, 0.15) is 21.2 Å². The van der Waals surface area contributed by atoms with Gasteiger partial charge in [0.1, 0.15) is 0 Å². The molecule has 2 heterocycles. The maximum atomic E-state index is 7.92. The van der Waals surface area contributed by atoms with Crippen LogP contribution in [0.4, 0.5) is 0 Å². The van der Waals surface area contributed by atoms with Crippen LogP contribution in [0.2, 0.25) is 5.28 Å². The minimum absolute atomic E-state index is 0.448. The largest absolute Gasteiger partial charge is 0.380 e. The lowest BCUT2D eigenvalue weighted by Gasteiger charge is -2.24. The van der Waals surface area contributed by atoms with Gasteiger partial charge in [0.05, 0.1) is 27.0 Å². The van der Waals surface area contributed by atoms with Crippen LogP contribution in [0, 0.1) is 0 Å². The highest BCUT2D eigenvalue weighted by Gasteiger charge is 2.21. The van der Waals surface area contributed by atoms with Gasteiger partial charge in [0, 0.05) is 13.4 Å². The van der Waals surface area contributed by atoms with E-state index in [0.717, 1.165) is 0 Å². The molecule has 1 aliphatic heterocycles. The van der Waals surface area contributed by atoms with Gasteiger partial charge < -0.3 is 4.74 Å². The second kappa shape index (κ2) is 2.75. The number of ether oxygens (including phenoxy) is 1. The van der Waals surface area contributed by atoms with E-state index >= 15 is 0 Å². The molecule has 58 valence electrons. The Kier molecular flexibility index (Phi) is 0.670. The van der Waals surface area contributed by atoms with E-state index in [1.807, 2.05) is 0 Å². The van der Waals surface area contributed by atoms with Crippen molar-refractivity contribution in [2.75, 3.05) is 13.1 Å². The Hall–Kier alpha value is -0.670. The average Bonchev–Trinajstić information content (AvgIpc) is 2.20. The highest BCUT2D eigenvalue weighted by atomic mass is 35.5. The first-order valence-electron chi connectivity index (χ1n) is 6.24. The third kappa shape index (κ3) is 1.34. The lowest BCUT2D eigenvalue weighted by atomic mass is 10.0. The summed E-state index contributed by atoms with van der Waals surface area (Å²) >= 11 is 5.50. The summed E-state index contributed by atoms with van der Waals surface area (Å²) in [5.41, 5.74) is -0.603. The van der Waals surface area contributed by atoms with Crippen LogP contribution in [-0.2, 0) is 4.74 Å². The number of nitrogens with zero attached hydrogens (tertiary/aromatic N) is 2. The zero-order chi connectivity index (χ0) is 13.9. The van der Waals surface area contributed by atoms with Gasteiger partial charge in [0.25, 0.3) is 0 Å². The third-order valence-electron chi connectivity index (χ3n) is 1.07. The summed E-state index contributed by atoms with van der Waals surface area (Å²) in [7, 11) is 0. The fraction of sp³-hybridized carbons (Fsp3) is 0.429. The summed E-state index contributed by atoms with van der Waals surface area (Å²) < 4.78 is 56.9. The van der Waals surface area contributed by atoms with Crippen molar-refractivity contribution in [2.24, 2.45) is 0 Å². The topological polar surface area (TPSA) is 35.0 Å². The van der Waals surface area contributed by atoms with E-state index in [-0.39, 0.29) is 0 Å². The van der Waals surface area contributed by atoms with Gasteiger partial charge in [-0.15, -0.1) is 0 Å². The number of hydrogen-bond acceptors (Lipinski definition) is 3. The molecule has 1 aromatic heterocycles. The van der Waals surface area contributed by atoms with Crippen LogP contribution in [0.15, 0.2) is 12.2 Å². The fourth-order valence-corrected chi connectivity index (χ4v) is 0.716. The molecular weight excluding hydrogens is 164 g/mol. The van der Waals surface area contributed by atoms with Crippen LogP contribution < -0.4 is 0 Å². The molecular formula is C7H7ClN2O. The minimum atomic E-state index is -2.67. The van der Waals surface area contributed by atoms with E-state index in [0.29, 0.717) is 0 Å². The van der Waals surface area contributed by atoms with Crippen LogP contribution in [0.5, 0.6) is 0 Å². The molecule has 2 rings (SSSR count). The normalized spacial score (nSPS) is 39.2. The summed E-state index contributed by atoms with van der Waals surface area (Å²) in [6, 6.07) is -0.648. The minimum Gasteiger partial charge on any atom is -0.380 e. The molecule has 3 nitrogen and oxygen atoms in total. The quantitative estimate of drug-likeness (QED) is 0.606. The van der Waals surface area contributed by atoms with Crippen molar-refractivity contribution >= 4 is 11.6 Å². The second-order valence-corrected chi connectivity index (χ2v) is 2.10. The van der Waals surface area contributed by atoms with Gasteiger partial charge >= 0.3 is 0 Å². The molecule has 11 heavy (non-hydrogen) atoms. The predicted molar refractivity (Wildman–Crippen MR) is 40.6 cm³/mol. The molecule has 0 aliphatic carbocycles. The third-order valence-corrected chi connectivity index (χ3v) is 1.24. The molecule has 0 radical (unpaired) electrons. The Labute approximate surface area is 79.2 Å². The molecule has 1 fully saturated rings. The van der Waals surface area contributed by atoms with Crippen molar-refractivity contribution in [3.05, 3.63) is 23.2 Å². The summed E-state index contributed by atoms with van der Waals surface area (Å²) in [6.45, 7) is -5.34. The van der Waals surface area contributed by atoms with Gasteiger partial charge in [-0.1, -0.05) is 0 Å². The van der Waals surface area contributed by atoms with Crippen molar-refractivity contribution < 1.29 is 14.3 Å². The van der Waals surface area contributed by atoms with E-state index in [9.17, 15) is 0 Å². The van der Waals surface area contributed by atoms with Crippen molar-refractivity contribution in [3.8, 4) is 0 Å². The first kappa shape index (κ1) is 2.68. The molecule has 0 amide bonds. The Morgan fingerprint density at radius 2 is 2.73 bits per heavy atom. The molecule has 0 aromatic carbocycles. The van der Waals surface area contributed by atoms with Gasteiger partial charge in [-0.3, -0.25) is 0 Å². The Bertz CT molecular complexity index is 509. The fourth-order valence-electron chi connectivity index (χ4n) is 0.589. The number of rotatable bonds is 1. The van der Waals surface area contributed by atoms with Crippen molar-refractivity contribution in [1.82, 2.24) is 9.97 Å². The zero-order valence-corrected chi connectivity index (χ0v) is 5.94. The molecule has 0 unspecified atom stereocenters. The predicted octanol–water partition coefficient (Wildman–Crippen LogP) is 1.24. The van der Waals surface area contributed by atoms with Crippen molar-refractivity contribution in [3.63, 3.8) is 0 Å². The molecule has 4 heteroatoms. The van der Waals surface area contributed by atoms with Gasteiger partial charge in [-0.2, -0.15) is 0 Å². The summed E-state index contributed by atoms with van der Waals surface area (Å²) in [5, 5.41) is -0.448. The average molecular weight is 178 g/mol. The molecule has 1 saturated heterocycles. The monoisotopic (exact) mass is 177 g/mol. The van der Waals surface area contributed by atoms with Crippen LogP contribution in [0.3, 0.4) is 0 Å². The highest BCUT2D eigenvalue weighted by molar-refractivity contribution is 6.28. The zero-order valence-electron chi connectivity index (χ0n) is 12.2. The number of hydrogen-bond donors (Lipinski definition) is 0. The summed E-state index contributed by atoms with van der Waals surface area (Å²) in [5.74, 6) is -2.57. The molecule has 1 aromatic rings. The Morgan fingerprint density at radius 1 is 1.91 bits per heavy atom. The van der Waals surface area contributed by atoms with Crippen LogP contribution >= 0.6 is 11.6 Å². The van der Waals surface area contributed by atoms with E-state index in [4.69, 9.17) is 21.2 Å². The summed E-state index contributed by atoms with van der Waals surface area (Å²) in [6.07, 6.45) is -0.602. The number of halogens is 1. The maximum absolute atomic E-state index is 7.92. The van der Waals surface area contributed by atoms with Gasteiger partial charge in [0.15, 0.2) is 0 Å². The van der Waals surface area contributed by atoms with E-state index in [1.54, 1.807) is 0 Å². The van der Waals surface area contributed by atoms with Crippen LogP contribution in [0.25, 0.3) is 0 Å². The van der Waals surface area contributed by atoms with Crippen molar-refractivity contribution in [2.45, 2.75) is 5.89 Å². The molecule has 0 saturated carbocycles. The maximum Gasteiger partial charge on any atom is 0.222 e. The smallest absolute Gasteiger partial charge is 0.222 e. The van der Waals surface area contributed by atoms with Crippen molar-refractivity contribution in [1.29, 1.82) is 0 Å².